The molecule has 0 bridgehead atoms. The molecule has 18 heavy (non-hydrogen) atoms. The Hall–Kier alpha value is -0.870. The molecule has 1 heterocycles. The van der Waals surface area contributed by atoms with Crippen LogP contribution in [-0.2, 0) is 4.79 Å². The number of nitrogens with one attached hydrogen (secondary N) is 2. The lowest BCUT2D eigenvalue weighted by atomic mass is 9.91. The Balaban J connectivity index is 2.07. The summed E-state index contributed by atoms with van der Waals surface area (Å²) < 4.78 is 1.02. The van der Waals surface area contributed by atoms with Crippen LogP contribution >= 0.6 is 15.9 Å². The summed E-state index contributed by atoms with van der Waals surface area (Å²) >= 11 is 3.39. The Morgan fingerprint density at radius 1 is 1.44 bits per heavy atom. The van der Waals surface area contributed by atoms with Gasteiger partial charge in [0, 0.05) is 10.2 Å². The van der Waals surface area contributed by atoms with Crippen LogP contribution < -0.4 is 10.6 Å². The first-order valence-electron chi connectivity index (χ1n) is 6.48. The standard InChI is InChI=1S/C14H19BrN2O/c1-2-8-14(9-3-10-16-14)13(18)17-12-6-4-11(15)5-7-12/h4-7,16H,2-3,8-10H2,1H3,(H,17,18). The molecule has 1 aromatic carbocycles. The van der Waals surface area contributed by atoms with Gasteiger partial charge in [0.1, 0.15) is 0 Å². The van der Waals surface area contributed by atoms with E-state index in [1.165, 1.54) is 0 Å². The molecule has 1 aliphatic heterocycles. The Morgan fingerprint density at radius 2 is 2.17 bits per heavy atom. The third-order valence-electron chi connectivity index (χ3n) is 3.46. The Kier molecular flexibility index (Phi) is 4.40. The highest BCUT2D eigenvalue weighted by Gasteiger charge is 2.39. The molecular formula is C14H19BrN2O. The first-order chi connectivity index (χ1) is 8.66. The summed E-state index contributed by atoms with van der Waals surface area (Å²) in [5, 5.41) is 6.40. The zero-order valence-electron chi connectivity index (χ0n) is 10.6. The van der Waals surface area contributed by atoms with E-state index in [0.29, 0.717) is 0 Å². The van der Waals surface area contributed by atoms with Crippen molar-refractivity contribution >= 4 is 27.5 Å². The topological polar surface area (TPSA) is 41.1 Å². The predicted octanol–water partition coefficient (Wildman–Crippen LogP) is 3.31. The van der Waals surface area contributed by atoms with Crippen molar-refractivity contribution in [3.8, 4) is 0 Å². The third kappa shape index (κ3) is 2.93. The van der Waals surface area contributed by atoms with Crippen molar-refractivity contribution in [2.45, 2.75) is 38.1 Å². The number of carbonyl (C=O) groups is 1. The third-order valence-corrected chi connectivity index (χ3v) is 3.99. The fraction of sp³-hybridized carbons (Fsp3) is 0.500. The number of anilines is 1. The van der Waals surface area contributed by atoms with E-state index in [2.05, 4.69) is 33.5 Å². The Labute approximate surface area is 116 Å². The lowest BCUT2D eigenvalue weighted by Crippen LogP contribution is -2.50. The Morgan fingerprint density at radius 3 is 2.72 bits per heavy atom. The summed E-state index contributed by atoms with van der Waals surface area (Å²) in [6, 6.07) is 7.70. The first-order valence-corrected chi connectivity index (χ1v) is 7.28. The van der Waals surface area contributed by atoms with Crippen LogP contribution in [0.15, 0.2) is 28.7 Å². The van der Waals surface area contributed by atoms with Crippen molar-refractivity contribution in [1.29, 1.82) is 0 Å². The van der Waals surface area contributed by atoms with Crippen molar-refractivity contribution in [2.24, 2.45) is 0 Å². The molecule has 1 unspecified atom stereocenters. The maximum absolute atomic E-state index is 12.4. The van der Waals surface area contributed by atoms with Crippen LogP contribution in [0.4, 0.5) is 5.69 Å². The molecule has 3 nitrogen and oxygen atoms in total. The van der Waals surface area contributed by atoms with E-state index in [4.69, 9.17) is 0 Å². The number of hydrogen-bond donors (Lipinski definition) is 2. The molecule has 0 aliphatic carbocycles. The highest BCUT2D eigenvalue weighted by atomic mass is 79.9. The lowest BCUT2D eigenvalue weighted by molar-refractivity contribution is -0.122. The number of halogens is 1. The Bertz CT molecular complexity index is 410. The minimum absolute atomic E-state index is 0.101. The highest BCUT2D eigenvalue weighted by molar-refractivity contribution is 9.10. The van der Waals surface area contributed by atoms with Gasteiger partial charge in [-0.1, -0.05) is 29.3 Å². The van der Waals surface area contributed by atoms with E-state index >= 15 is 0 Å². The van der Waals surface area contributed by atoms with E-state index in [1.54, 1.807) is 0 Å². The SMILES string of the molecule is CCCC1(C(=O)Nc2ccc(Br)cc2)CCCN1. The fourth-order valence-electron chi connectivity index (χ4n) is 2.54. The molecule has 1 aromatic rings. The largest absolute Gasteiger partial charge is 0.324 e. The van der Waals surface area contributed by atoms with Gasteiger partial charge in [-0.3, -0.25) is 4.79 Å². The van der Waals surface area contributed by atoms with Gasteiger partial charge in [-0.25, -0.2) is 0 Å². The zero-order valence-corrected chi connectivity index (χ0v) is 12.2. The zero-order chi connectivity index (χ0) is 13.0. The van der Waals surface area contributed by atoms with E-state index in [0.717, 1.165) is 42.4 Å². The summed E-state index contributed by atoms with van der Waals surface area (Å²) in [4.78, 5) is 12.4. The number of hydrogen-bond acceptors (Lipinski definition) is 2. The van der Waals surface area contributed by atoms with Gasteiger partial charge in [0.15, 0.2) is 0 Å². The molecule has 0 radical (unpaired) electrons. The lowest BCUT2D eigenvalue weighted by Gasteiger charge is -2.27. The smallest absolute Gasteiger partial charge is 0.244 e. The van der Waals surface area contributed by atoms with Gasteiger partial charge in [-0.15, -0.1) is 0 Å². The second-order valence-corrected chi connectivity index (χ2v) is 5.74. The second-order valence-electron chi connectivity index (χ2n) is 4.82. The fourth-order valence-corrected chi connectivity index (χ4v) is 2.80. The summed E-state index contributed by atoms with van der Waals surface area (Å²) in [5.41, 5.74) is 0.495. The van der Waals surface area contributed by atoms with Gasteiger partial charge in [0.05, 0.1) is 5.54 Å². The van der Waals surface area contributed by atoms with Crippen LogP contribution in [0.25, 0.3) is 0 Å². The highest BCUT2D eigenvalue weighted by Crippen LogP contribution is 2.26. The average Bonchev–Trinajstić information content (AvgIpc) is 2.82. The van der Waals surface area contributed by atoms with Crippen LogP contribution in [0, 0.1) is 0 Å². The number of rotatable bonds is 4. The van der Waals surface area contributed by atoms with E-state index in [1.807, 2.05) is 24.3 Å². The van der Waals surface area contributed by atoms with Crippen LogP contribution in [0.1, 0.15) is 32.6 Å². The van der Waals surface area contributed by atoms with Gasteiger partial charge in [0.2, 0.25) is 5.91 Å². The van der Waals surface area contributed by atoms with Gasteiger partial charge >= 0.3 is 0 Å². The molecule has 2 N–H and O–H groups in total. The molecular weight excluding hydrogens is 292 g/mol. The summed E-state index contributed by atoms with van der Waals surface area (Å²) in [5.74, 6) is 0.101. The number of carbonyl (C=O) groups excluding carboxylic acids is 1. The first kappa shape index (κ1) is 13.6. The van der Waals surface area contributed by atoms with Gasteiger partial charge in [-0.2, -0.15) is 0 Å². The molecule has 0 spiro atoms. The van der Waals surface area contributed by atoms with Crippen molar-refractivity contribution < 1.29 is 4.79 Å². The second kappa shape index (κ2) is 5.85. The maximum Gasteiger partial charge on any atom is 0.244 e. The maximum atomic E-state index is 12.4. The summed E-state index contributed by atoms with van der Waals surface area (Å²) in [6.07, 6.45) is 3.92. The van der Waals surface area contributed by atoms with Crippen molar-refractivity contribution in [1.82, 2.24) is 5.32 Å². The molecule has 0 aromatic heterocycles. The van der Waals surface area contributed by atoms with Crippen LogP contribution in [-0.4, -0.2) is 18.0 Å². The molecule has 1 amide bonds. The number of benzene rings is 1. The van der Waals surface area contributed by atoms with Gasteiger partial charge in [-0.05, 0) is 50.1 Å². The molecule has 2 rings (SSSR count). The van der Waals surface area contributed by atoms with Gasteiger partial charge in [0.25, 0.3) is 0 Å². The minimum atomic E-state index is -0.359. The average molecular weight is 311 g/mol. The molecule has 4 heteroatoms. The molecule has 1 atom stereocenters. The van der Waals surface area contributed by atoms with E-state index in [9.17, 15) is 4.79 Å². The minimum Gasteiger partial charge on any atom is -0.324 e. The number of amides is 1. The van der Waals surface area contributed by atoms with Crippen molar-refractivity contribution in [2.75, 3.05) is 11.9 Å². The molecule has 98 valence electrons. The summed E-state index contributed by atoms with van der Waals surface area (Å²) in [7, 11) is 0. The quantitative estimate of drug-likeness (QED) is 0.896. The molecule has 0 saturated carbocycles. The van der Waals surface area contributed by atoms with Crippen LogP contribution in [0.5, 0.6) is 0 Å². The molecule has 1 saturated heterocycles. The van der Waals surface area contributed by atoms with Crippen molar-refractivity contribution in [3.05, 3.63) is 28.7 Å². The van der Waals surface area contributed by atoms with E-state index in [-0.39, 0.29) is 11.4 Å². The normalized spacial score (nSPS) is 23.0. The molecule has 1 fully saturated rings. The van der Waals surface area contributed by atoms with Gasteiger partial charge < -0.3 is 10.6 Å². The van der Waals surface area contributed by atoms with E-state index < -0.39 is 0 Å². The van der Waals surface area contributed by atoms with Crippen LogP contribution in [0.2, 0.25) is 0 Å². The monoisotopic (exact) mass is 310 g/mol. The van der Waals surface area contributed by atoms with Crippen LogP contribution in [0.3, 0.4) is 0 Å². The predicted molar refractivity (Wildman–Crippen MR) is 77.6 cm³/mol. The molecule has 1 aliphatic rings. The summed E-state index contributed by atoms with van der Waals surface area (Å²) in [6.45, 7) is 3.06. The van der Waals surface area contributed by atoms with Crippen molar-refractivity contribution in [3.63, 3.8) is 0 Å².